The average Bonchev–Trinajstić information content (AvgIpc) is 1.90. The molecule has 0 fully saturated rings. The maximum absolute atomic E-state index is 11.9. The third-order valence-electron chi connectivity index (χ3n) is 1.07. The normalized spacial score (nSPS) is 9.56. The van der Waals surface area contributed by atoms with Crippen LogP contribution in [0.5, 0.6) is 0 Å². The fourth-order valence-corrected chi connectivity index (χ4v) is 0.933. The van der Waals surface area contributed by atoms with E-state index in [0.29, 0.717) is 0 Å². The largest absolute Gasteiger partial charge is 0.246 e. The van der Waals surface area contributed by atoms with Crippen molar-refractivity contribution in [2.75, 3.05) is 0 Å². The minimum Gasteiger partial charge on any atom is -0.246 e. The van der Waals surface area contributed by atoms with Gasteiger partial charge >= 0.3 is 0 Å². The molecule has 0 nitrogen and oxygen atoms in total. The first-order chi connectivity index (χ1) is 4.33. The Morgan fingerprint density at radius 1 is 1.22 bits per heavy atom. The summed E-state index contributed by atoms with van der Waals surface area (Å²) in [7, 11) is 0. The molecule has 0 spiro atoms. The second-order valence-corrected chi connectivity index (χ2v) is 3.01. The van der Waals surface area contributed by atoms with Gasteiger partial charge in [-0.1, -0.05) is 12.1 Å². The summed E-state index contributed by atoms with van der Waals surface area (Å²) in [5.41, 5.74) is 0.746. The van der Waals surface area contributed by atoms with Gasteiger partial charge in [-0.05, 0) is 40.3 Å². The van der Waals surface area contributed by atoms with E-state index < -0.39 is 0 Å². The van der Waals surface area contributed by atoms with E-state index in [0.717, 1.165) is 9.13 Å². The number of rotatable bonds is 1. The Morgan fingerprint density at radius 3 is 2.22 bits per heavy atom. The maximum Gasteiger partial charge on any atom is 0.115 e. The molecule has 0 bridgehead atoms. The van der Waals surface area contributed by atoms with Crippen LogP contribution in [0.4, 0.5) is 4.39 Å². The van der Waals surface area contributed by atoms with Crippen LogP contribution in [0.25, 0.3) is 0 Å². The smallest absolute Gasteiger partial charge is 0.115 e. The highest BCUT2D eigenvalue weighted by Gasteiger charge is 1.88. The van der Waals surface area contributed by atoms with Crippen LogP contribution in [-0.4, -0.2) is 0 Å². The van der Waals surface area contributed by atoms with Crippen molar-refractivity contribution in [3.8, 4) is 0 Å². The SMILES string of the molecule is FCc1ccc(I)cc1. The fourth-order valence-electron chi connectivity index (χ4n) is 0.573. The van der Waals surface area contributed by atoms with Gasteiger partial charge < -0.3 is 0 Å². The summed E-state index contributed by atoms with van der Waals surface area (Å²) < 4.78 is 13.0. The summed E-state index contributed by atoms with van der Waals surface area (Å²) in [6, 6.07) is 7.38. The van der Waals surface area contributed by atoms with Crippen LogP contribution in [-0.2, 0) is 6.67 Å². The molecule has 1 aromatic carbocycles. The van der Waals surface area contributed by atoms with E-state index in [4.69, 9.17) is 0 Å². The predicted octanol–water partition coefficient (Wildman–Crippen LogP) is 2.76. The lowest BCUT2D eigenvalue weighted by atomic mass is 10.2. The standard InChI is InChI=1S/C7H6FI/c8-5-6-1-3-7(9)4-2-6/h1-4H,5H2. The molecule has 0 saturated heterocycles. The van der Waals surface area contributed by atoms with Crippen LogP contribution in [0.1, 0.15) is 5.56 Å². The van der Waals surface area contributed by atoms with Crippen molar-refractivity contribution in [3.63, 3.8) is 0 Å². The van der Waals surface area contributed by atoms with Crippen LogP contribution >= 0.6 is 22.6 Å². The first-order valence-corrected chi connectivity index (χ1v) is 3.71. The molecule has 0 aromatic heterocycles. The minimum atomic E-state index is -0.364. The molecule has 0 aliphatic carbocycles. The van der Waals surface area contributed by atoms with Crippen molar-refractivity contribution in [1.29, 1.82) is 0 Å². The average molecular weight is 236 g/mol. The zero-order chi connectivity index (χ0) is 6.69. The Morgan fingerprint density at radius 2 is 1.78 bits per heavy atom. The lowest BCUT2D eigenvalue weighted by molar-refractivity contribution is 0.485. The van der Waals surface area contributed by atoms with Crippen molar-refractivity contribution < 1.29 is 4.39 Å². The molecule has 0 heterocycles. The lowest BCUT2D eigenvalue weighted by Crippen LogP contribution is -1.76. The molecule has 9 heavy (non-hydrogen) atoms. The van der Waals surface area contributed by atoms with E-state index in [1.807, 2.05) is 12.1 Å². The Labute approximate surface area is 67.2 Å². The van der Waals surface area contributed by atoms with E-state index in [-0.39, 0.29) is 6.67 Å². The second-order valence-electron chi connectivity index (χ2n) is 1.76. The molecular weight excluding hydrogens is 230 g/mol. The molecule has 0 amide bonds. The summed E-state index contributed by atoms with van der Waals surface area (Å²) in [5.74, 6) is 0. The Kier molecular flexibility index (Phi) is 2.45. The first-order valence-electron chi connectivity index (χ1n) is 2.63. The van der Waals surface area contributed by atoms with Gasteiger partial charge in [0.1, 0.15) is 6.67 Å². The zero-order valence-electron chi connectivity index (χ0n) is 4.77. The topological polar surface area (TPSA) is 0 Å². The molecular formula is C7H6FI. The number of benzene rings is 1. The Bertz CT molecular complexity index is 181. The summed E-state index contributed by atoms with van der Waals surface area (Å²) in [4.78, 5) is 0. The molecule has 1 aromatic rings. The maximum atomic E-state index is 11.9. The summed E-state index contributed by atoms with van der Waals surface area (Å²) in [6.45, 7) is -0.364. The number of alkyl halides is 1. The number of hydrogen-bond acceptors (Lipinski definition) is 0. The van der Waals surface area contributed by atoms with Gasteiger partial charge in [-0.3, -0.25) is 0 Å². The van der Waals surface area contributed by atoms with Gasteiger partial charge in [0, 0.05) is 3.57 Å². The van der Waals surface area contributed by atoms with E-state index >= 15 is 0 Å². The molecule has 0 saturated carbocycles. The van der Waals surface area contributed by atoms with Gasteiger partial charge in [0.25, 0.3) is 0 Å². The van der Waals surface area contributed by atoms with Crippen molar-refractivity contribution in [1.82, 2.24) is 0 Å². The van der Waals surface area contributed by atoms with Crippen LogP contribution < -0.4 is 0 Å². The van der Waals surface area contributed by atoms with Gasteiger partial charge in [0.2, 0.25) is 0 Å². The highest BCUT2D eigenvalue weighted by atomic mass is 127. The molecule has 1 rings (SSSR count). The van der Waals surface area contributed by atoms with Crippen molar-refractivity contribution in [3.05, 3.63) is 33.4 Å². The van der Waals surface area contributed by atoms with Gasteiger partial charge in [-0.15, -0.1) is 0 Å². The molecule has 48 valence electrons. The molecule has 0 aliphatic heterocycles. The van der Waals surface area contributed by atoms with E-state index in [9.17, 15) is 4.39 Å². The fraction of sp³-hybridized carbons (Fsp3) is 0.143. The third-order valence-corrected chi connectivity index (χ3v) is 1.79. The number of halogens is 2. The minimum absolute atomic E-state index is 0.364. The number of hydrogen-bond donors (Lipinski definition) is 0. The highest BCUT2D eigenvalue weighted by Crippen LogP contribution is 2.06. The van der Waals surface area contributed by atoms with Gasteiger partial charge in [-0.2, -0.15) is 0 Å². The van der Waals surface area contributed by atoms with Crippen LogP contribution in [0.3, 0.4) is 0 Å². The Balaban J connectivity index is 2.88. The first kappa shape index (κ1) is 6.99. The van der Waals surface area contributed by atoms with E-state index in [1.165, 1.54) is 0 Å². The molecule has 0 atom stereocenters. The van der Waals surface area contributed by atoms with Gasteiger partial charge in [0.15, 0.2) is 0 Å². The molecule has 2 heteroatoms. The van der Waals surface area contributed by atoms with Crippen LogP contribution in [0.15, 0.2) is 24.3 Å². The van der Waals surface area contributed by atoms with Gasteiger partial charge in [0.05, 0.1) is 0 Å². The molecule has 0 unspecified atom stereocenters. The predicted molar refractivity (Wildman–Crippen MR) is 44.0 cm³/mol. The van der Waals surface area contributed by atoms with Crippen LogP contribution in [0, 0.1) is 3.57 Å². The van der Waals surface area contributed by atoms with E-state index in [1.54, 1.807) is 12.1 Å². The Hall–Kier alpha value is -0.120. The summed E-state index contributed by atoms with van der Waals surface area (Å²) in [6.07, 6.45) is 0. The second kappa shape index (κ2) is 3.15. The third kappa shape index (κ3) is 1.93. The summed E-state index contributed by atoms with van der Waals surface area (Å²) >= 11 is 2.19. The van der Waals surface area contributed by atoms with Crippen molar-refractivity contribution in [2.24, 2.45) is 0 Å². The van der Waals surface area contributed by atoms with E-state index in [2.05, 4.69) is 22.6 Å². The zero-order valence-corrected chi connectivity index (χ0v) is 6.93. The summed E-state index contributed by atoms with van der Waals surface area (Å²) in [5, 5.41) is 0. The monoisotopic (exact) mass is 236 g/mol. The highest BCUT2D eigenvalue weighted by molar-refractivity contribution is 14.1. The van der Waals surface area contributed by atoms with Crippen LogP contribution in [0.2, 0.25) is 0 Å². The quantitative estimate of drug-likeness (QED) is 0.657. The van der Waals surface area contributed by atoms with Gasteiger partial charge in [-0.25, -0.2) is 4.39 Å². The molecule has 0 aliphatic rings. The lowest BCUT2D eigenvalue weighted by Gasteiger charge is -1.91. The van der Waals surface area contributed by atoms with Crippen molar-refractivity contribution >= 4 is 22.6 Å². The molecule has 0 radical (unpaired) electrons. The van der Waals surface area contributed by atoms with Crippen molar-refractivity contribution in [2.45, 2.75) is 6.67 Å². The molecule has 0 N–H and O–H groups in total.